The third-order valence-corrected chi connectivity index (χ3v) is 2.00. The average molecular weight is 284 g/mol. The maximum atomic E-state index is 12.2. The van der Waals surface area contributed by atoms with Crippen LogP contribution in [0.15, 0.2) is 12.3 Å². The van der Waals surface area contributed by atoms with Crippen molar-refractivity contribution in [2.75, 3.05) is 6.26 Å². The fraction of sp³-hybridized carbons (Fsp3) is 0.444. The van der Waals surface area contributed by atoms with E-state index in [2.05, 4.69) is 10.3 Å². The van der Waals surface area contributed by atoms with Gasteiger partial charge in [-0.05, 0) is 11.6 Å². The fourth-order valence-corrected chi connectivity index (χ4v) is 1.32. The summed E-state index contributed by atoms with van der Waals surface area (Å²) in [6.07, 6.45) is -2.69. The zero-order chi connectivity index (χ0) is 14.0. The van der Waals surface area contributed by atoms with E-state index in [0.717, 1.165) is 12.3 Å². The fourth-order valence-electron chi connectivity index (χ4n) is 1.32. The van der Waals surface area contributed by atoms with E-state index in [-0.39, 0.29) is 0 Å². The predicted octanol–water partition coefficient (Wildman–Crippen LogP) is 1.21. The van der Waals surface area contributed by atoms with Crippen molar-refractivity contribution in [3.8, 4) is 0 Å². The minimum absolute atomic E-state index is 0.478. The van der Waals surface area contributed by atoms with Gasteiger partial charge in [0, 0.05) is 19.3 Å². The van der Waals surface area contributed by atoms with Crippen LogP contribution in [-0.2, 0) is 29.4 Å². The maximum absolute atomic E-state index is 12.2. The molecule has 2 rings (SSSR count). The van der Waals surface area contributed by atoms with Gasteiger partial charge in [0.05, 0.1) is 17.5 Å². The van der Waals surface area contributed by atoms with Crippen LogP contribution in [0.3, 0.4) is 0 Å². The minimum atomic E-state index is -4.29. The van der Waals surface area contributed by atoms with Crippen molar-refractivity contribution in [3.05, 3.63) is 29.1 Å². The molecule has 0 aliphatic carbocycles. The monoisotopic (exact) mass is 284 g/mol. The van der Waals surface area contributed by atoms with E-state index in [9.17, 15) is 21.6 Å². The molecule has 0 bridgehead atoms. The molecule has 0 saturated heterocycles. The van der Waals surface area contributed by atoms with Crippen molar-refractivity contribution in [1.29, 1.82) is 0 Å². The van der Waals surface area contributed by atoms with Crippen LogP contribution in [0.2, 0.25) is 0 Å². The van der Waals surface area contributed by atoms with Crippen molar-refractivity contribution in [2.45, 2.75) is 19.3 Å². The molecule has 9 heteroatoms. The molecule has 1 aromatic rings. The summed E-state index contributed by atoms with van der Waals surface area (Å²) in [5.74, 6) is 0. The molecule has 102 valence electrons. The van der Waals surface area contributed by atoms with Gasteiger partial charge < -0.3 is 5.32 Å². The molecule has 0 saturated carbocycles. The van der Waals surface area contributed by atoms with Crippen LogP contribution in [0.5, 0.6) is 0 Å². The van der Waals surface area contributed by atoms with E-state index < -0.39 is 21.9 Å². The number of hydrogen-bond donors (Lipinski definition) is 2. The highest BCUT2D eigenvalue weighted by Crippen LogP contribution is 2.30. The van der Waals surface area contributed by atoms with Crippen molar-refractivity contribution in [2.24, 2.45) is 0 Å². The predicted molar refractivity (Wildman–Crippen MR) is 57.3 cm³/mol. The lowest BCUT2D eigenvalue weighted by Gasteiger charge is -2.06. The molecule has 1 aromatic heterocycles. The highest BCUT2D eigenvalue weighted by atomic mass is 32.2. The molecule has 0 spiro atoms. The smallest absolute Gasteiger partial charge is 0.307 e. The second kappa shape index (κ2) is 5.21. The van der Waals surface area contributed by atoms with Crippen LogP contribution < -0.4 is 5.32 Å². The van der Waals surface area contributed by atoms with Crippen molar-refractivity contribution in [3.63, 3.8) is 0 Å². The Labute approximate surface area is 102 Å². The molecule has 0 aromatic carbocycles. The normalized spacial score (nSPS) is 14.7. The molecule has 1 aliphatic heterocycles. The number of rotatable bonds is 0. The second-order valence-electron chi connectivity index (χ2n) is 3.66. The molecule has 0 radical (unpaired) electrons. The molecule has 5 nitrogen and oxygen atoms in total. The third-order valence-electron chi connectivity index (χ3n) is 2.00. The lowest BCUT2D eigenvalue weighted by atomic mass is 10.1. The van der Waals surface area contributed by atoms with Gasteiger partial charge in [-0.25, -0.2) is 0 Å². The summed E-state index contributed by atoms with van der Waals surface area (Å²) in [7, 11) is -3.67. The summed E-state index contributed by atoms with van der Waals surface area (Å²) in [6.45, 7) is 1.04. The zero-order valence-corrected chi connectivity index (χ0v) is 10.1. The first-order chi connectivity index (χ1) is 8.07. The Morgan fingerprint density at radius 3 is 2.44 bits per heavy atom. The van der Waals surface area contributed by atoms with Crippen LogP contribution in [-0.4, -0.2) is 24.2 Å². The standard InChI is InChI=1S/C8H7F3N2.CH4O3S/c9-8(10,11)6-1-5-2-12-4-7(5)13-3-6;1-5(2,3)4/h1,3,12H,2,4H2;1H3,(H,2,3,4). The van der Waals surface area contributed by atoms with E-state index in [4.69, 9.17) is 4.55 Å². The quantitative estimate of drug-likeness (QED) is 0.700. The molecule has 0 fully saturated rings. The molecule has 2 heterocycles. The number of hydrogen-bond acceptors (Lipinski definition) is 4. The molecule has 1 aliphatic rings. The number of aromatic nitrogens is 1. The lowest BCUT2D eigenvalue weighted by Crippen LogP contribution is -2.06. The van der Waals surface area contributed by atoms with Gasteiger partial charge in [-0.15, -0.1) is 0 Å². The Kier molecular flexibility index (Phi) is 4.30. The Hall–Kier alpha value is -1.19. The first kappa shape index (κ1) is 14.9. The Morgan fingerprint density at radius 2 is 1.94 bits per heavy atom. The lowest BCUT2D eigenvalue weighted by molar-refractivity contribution is -0.137. The average Bonchev–Trinajstić information content (AvgIpc) is 2.59. The summed E-state index contributed by atoms with van der Waals surface area (Å²) < 4.78 is 62.5. The van der Waals surface area contributed by atoms with E-state index in [1.54, 1.807) is 0 Å². The highest BCUT2D eigenvalue weighted by Gasteiger charge is 2.32. The highest BCUT2D eigenvalue weighted by molar-refractivity contribution is 7.85. The number of alkyl halides is 3. The zero-order valence-electron chi connectivity index (χ0n) is 9.32. The van der Waals surface area contributed by atoms with E-state index >= 15 is 0 Å². The van der Waals surface area contributed by atoms with Gasteiger partial charge in [-0.1, -0.05) is 0 Å². The summed E-state index contributed by atoms with van der Waals surface area (Å²) in [5.41, 5.74) is 0.692. The molecule has 0 atom stereocenters. The minimum Gasteiger partial charge on any atom is -0.307 e. The number of pyridine rings is 1. The molecular formula is C9H11F3N2O3S. The Morgan fingerprint density at radius 1 is 1.39 bits per heavy atom. The van der Waals surface area contributed by atoms with Gasteiger partial charge in [0.25, 0.3) is 10.1 Å². The van der Waals surface area contributed by atoms with E-state index in [1.807, 2.05) is 0 Å². The molecule has 18 heavy (non-hydrogen) atoms. The van der Waals surface area contributed by atoms with E-state index in [0.29, 0.717) is 30.6 Å². The maximum Gasteiger partial charge on any atom is 0.417 e. The summed E-state index contributed by atoms with van der Waals surface area (Å²) in [6, 6.07) is 1.16. The van der Waals surface area contributed by atoms with Crippen LogP contribution in [0.4, 0.5) is 13.2 Å². The summed E-state index contributed by atoms with van der Waals surface area (Å²) >= 11 is 0. The number of fused-ring (bicyclic) bond motifs is 1. The molecular weight excluding hydrogens is 273 g/mol. The first-order valence-electron chi connectivity index (χ1n) is 4.75. The van der Waals surface area contributed by atoms with Crippen molar-refractivity contribution >= 4 is 10.1 Å². The second-order valence-corrected chi connectivity index (χ2v) is 5.13. The van der Waals surface area contributed by atoms with Gasteiger partial charge in [0.2, 0.25) is 0 Å². The molecule has 2 N–H and O–H groups in total. The first-order valence-corrected chi connectivity index (χ1v) is 6.60. The van der Waals surface area contributed by atoms with Gasteiger partial charge in [0.1, 0.15) is 0 Å². The van der Waals surface area contributed by atoms with Crippen LogP contribution in [0.1, 0.15) is 16.8 Å². The summed E-state index contributed by atoms with van der Waals surface area (Å²) in [5, 5.41) is 2.94. The van der Waals surface area contributed by atoms with Crippen molar-refractivity contribution in [1.82, 2.24) is 10.3 Å². The van der Waals surface area contributed by atoms with E-state index in [1.165, 1.54) is 0 Å². The molecule has 0 unspecified atom stereocenters. The van der Waals surface area contributed by atoms with Crippen LogP contribution in [0.25, 0.3) is 0 Å². The Balaban J connectivity index is 0.000000280. The van der Waals surface area contributed by atoms with Gasteiger partial charge in [0.15, 0.2) is 0 Å². The number of nitrogens with zero attached hydrogens (tertiary/aromatic N) is 1. The Bertz CT molecular complexity index is 520. The third kappa shape index (κ3) is 4.98. The summed E-state index contributed by atoms with van der Waals surface area (Å²) in [4.78, 5) is 3.74. The van der Waals surface area contributed by atoms with Crippen LogP contribution >= 0.6 is 0 Å². The van der Waals surface area contributed by atoms with Crippen molar-refractivity contribution < 1.29 is 26.1 Å². The van der Waals surface area contributed by atoms with Crippen LogP contribution in [0, 0.1) is 0 Å². The number of nitrogens with one attached hydrogen (secondary N) is 1. The topological polar surface area (TPSA) is 79.3 Å². The van der Waals surface area contributed by atoms with Gasteiger partial charge >= 0.3 is 6.18 Å². The number of halogens is 3. The SMILES string of the molecule is CS(=O)(=O)O.FC(F)(F)c1cnc2c(c1)CNC2. The van der Waals surface area contributed by atoms with Gasteiger partial charge in [-0.2, -0.15) is 21.6 Å². The molecule has 0 amide bonds. The van der Waals surface area contributed by atoms with Gasteiger partial charge in [-0.3, -0.25) is 9.54 Å². The largest absolute Gasteiger partial charge is 0.417 e.